The summed E-state index contributed by atoms with van der Waals surface area (Å²) in [4.78, 5) is 8.17. The van der Waals surface area contributed by atoms with Crippen molar-refractivity contribution in [2.24, 2.45) is 5.41 Å². The van der Waals surface area contributed by atoms with Crippen LogP contribution in [0.5, 0.6) is 5.88 Å². The molecule has 0 bridgehead atoms. The number of anilines is 1. The summed E-state index contributed by atoms with van der Waals surface area (Å²) in [5, 5.41) is 7.31. The van der Waals surface area contributed by atoms with Gasteiger partial charge in [-0.15, -0.1) is 0 Å². The first kappa shape index (κ1) is 19.8. The molecule has 0 saturated carbocycles. The van der Waals surface area contributed by atoms with Crippen LogP contribution in [0.3, 0.4) is 0 Å². The Balaban J connectivity index is 2.06. The first-order valence-electron chi connectivity index (χ1n) is 8.38. The lowest BCUT2D eigenvalue weighted by Crippen LogP contribution is -2.27. The highest BCUT2D eigenvalue weighted by Gasteiger charge is 2.35. The second kappa shape index (κ2) is 6.92. The zero-order chi connectivity index (χ0) is 20.7. The molecule has 3 aromatic rings. The molecule has 0 saturated heterocycles. The van der Waals surface area contributed by atoms with E-state index in [2.05, 4.69) is 20.4 Å². The van der Waals surface area contributed by atoms with Crippen molar-refractivity contribution in [3.8, 4) is 5.88 Å². The van der Waals surface area contributed by atoms with Crippen molar-refractivity contribution in [3.05, 3.63) is 47.5 Å². The topological polar surface area (TPSA) is 64.3 Å². The number of rotatable bonds is 4. The van der Waals surface area contributed by atoms with Gasteiger partial charge in [-0.25, -0.2) is 4.39 Å². The summed E-state index contributed by atoms with van der Waals surface area (Å²) in [6, 6.07) is 3.97. The lowest BCUT2D eigenvalue weighted by atomic mass is 9.82. The summed E-state index contributed by atoms with van der Waals surface area (Å²) in [5.41, 5.74) is -1.41. The number of nitrogens with one attached hydrogen (secondary N) is 1. The molecule has 0 radical (unpaired) electrons. The molecule has 0 fully saturated rings. The molecule has 1 atom stereocenters. The Hall–Kier alpha value is -2.91. The number of benzene rings is 1. The van der Waals surface area contributed by atoms with Crippen molar-refractivity contribution in [2.75, 3.05) is 12.4 Å². The third-order valence-electron chi connectivity index (χ3n) is 4.23. The zero-order valence-corrected chi connectivity index (χ0v) is 15.7. The smallest absolute Gasteiger partial charge is 0.419 e. The minimum Gasteiger partial charge on any atom is -0.481 e. The summed E-state index contributed by atoms with van der Waals surface area (Å²) in [7, 11) is 1.45. The van der Waals surface area contributed by atoms with Crippen LogP contribution in [-0.4, -0.2) is 26.7 Å². The summed E-state index contributed by atoms with van der Waals surface area (Å²) < 4.78 is 59.4. The maximum Gasteiger partial charge on any atom is 0.419 e. The van der Waals surface area contributed by atoms with Gasteiger partial charge in [0.15, 0.2) is 0 Å². The molecule has 150 valence electrons. The van der Waals surface area contributed by atoms with Crippen LogP contribution in [0.1, 0.15) is 37.9 Å². The number of halogens is 4. The van der Waals surface area contributed by atoms with Crippen LogP contribution in [0, 0.1) is 11.2 Å². The quantitative estimate of drug-likeness (QED) is 0.657. The van der Waals surface area contributed by atoms with Crippen LogP contribution in [0.2, 0.25) is 0 Å². The van der Waals surface area contributed by atoms with Gasteiger partial charge in [0.2, 0.25) is 5.88 Å². The number of methoxy groups -OCH3 is 1. The Labute approximate surface area is 158 Å². The third kappa shape index (κ3) is 3.85. The first-order chi connectivity index (χ1) is 13.0. The van der Waals surface area contributed by atoms with Gasteiger partial charge < -0.3 is 10.1 Å². The second-order valence-electron chi connectivity index (χ2n) is 7.34. The maximum atomic E-state index is 14.2. The van der Waals surface area contributed by atoms with E-state index in [0.717, 1.165) is 12.1 Å². The molecule has 0 aliphatic heterocycles. The van der Waals surface area contributed by atoms with Gasteiger partial charge in [-0.3, -0.25) is 0 Å². The molecule has 6 nitrogen and oxygen atoms in total. The summed E-state index contributed by atoms with van der Waals surface area (Å²) in [5.74, 6) is -0.291. The van der Waals surface area contributed by atoms with Gasteiger partial charge in [0.25, 0.3) is 5.78 Å². The molecule has 3 rings (SSSR count). The van der Waals surface area contributed by atoms with Crippen LogP contribution in [0.15, 0.2) is 30.6 Å². The Morgan fingerprint density at radius 2 is 1.86 bits per heavy atom. The monoisotopic (exact) mass is 397 g/mol. The molecule has 28 heavy (non-hydrogen) atoms. The van der Waals surface area contributed by atoms with Crippen molar-refractivity contribution in [3.63, 3.8) is 0 Å². The van der Waals surface area contributed by atoms with Gasteiger partial charge in [-0.1, -0.05) is 26.8 Å². The SMILES string of the molecule is COc1cc(N[C@@H](c2ccc(C(F)(F)F)c(F)c2)C(C)(C)C)n2ncnc2n1. The lowest BCUT2D eigenvalue weighted by Gasteiger charge is -2.33. The van der Waals surface area contributed by atoms with E-state index in [1.807, 2.05) is 20.8 Å². The molecule has 0 aliphatic rings. The van der Waals surface area contributed by atoms with E-state index in [1.54, 1.807) is 6.07 Å². The van der Waals surface area contributed by atoms with Gasteiger partial charge in [-0.2, -0.15) is 32.8 Å². The second-order valence-corrected chi connectivity index (χ2v) is 7.34. The highest BCUT2D eigenvalue weighted by molar-refractivity contribution is 5.49. The summed E-state index contributed by atoms with van der Waals surface area (Å²) in [6.07, 6.45) is -3.44. The molecule has 0 aliphatic carbocycles. The van der Waals surface area contributed by atoms with Crippen molar-refractivity contribution >= 4 is 11.6 Å². The fourth-order valence-electron chi connectivity index (χ4n) is 2.89. The minimum absolute atomic E-state index is 0.285. The molecule has 2 aromatic heterocycles. The van der Waals surface area contributed by atoms with E-state index in [0.29, 0.717) is 11.4 Å². The van der Waals surface area contributed by atoms with Crippen molar-refractivity contribution in [2.45, 2.75) is 33.0 Å². The third-order valence-corrected chi connectivity index (χ3v) is 4.23. The molecule has 1 N–H and O–H groups in total. The Morgan fingerprint density at radius 1 is 1.14 bits per heavy atom. The van der Waals surface area contributed by atoms with E-state index >= 15 is 0 Å². The standard InChI is InChI=1S/C18H19F4N5O/c1-17(2,3)15(10-5-6-11(12(19)7-10)18(20,21)22)25-13-8-14(28-4)26-16-23-9-24-27(13)16/h5-9,15,25H,1-4H3/t15-/m0/s1. The van der Waals surface area contributed by atoms with Crippen molar-refractivity contribution in [1.82, 2.24) is 19.6 Å². The molecule has 0 unspecified atom stereocenters. The predicted molar refractivity (Wildman–Crippen MR) is 94.6 cm³/mol. The van der Waals surface area contributed by atoms with E-state index in [-0.39, 0.29) is 11.7 Å². The minimum atomic E-state index is -4.75. The van der Waals surface area contributed by atoms with Crippen molar-refractivity contribution in [1.29, 1.82) is 0 Å². The Bertz CT molecular complexity index is 994. The molecule has 0 amide bonds. The number of hydrogen-bond donors (Lipinski definition) is 1. The number of hydrogen-bond acceptors (Lipinski definition) is 5. The summed E-state index contributed by atoms with van der Waals surface area (Å²) in [6.45, 7) is 5.66. The molecule has 0 spiro atoms. The van der Waals surface area contributed by atoms with Gasteiger partial charge in [-0.05, 0) is 23.1 Å². The molecule has 2 heterocycles. The molecular formula is C18H19F4N5O. The number of aromatic nitrogens is 4. The first-order valence-corrected chi connectivity index (χ1v) is 8.38. The summed E-state index contributed by atoms with van der Waals surface area (Å²) >= 11 is 0. The fourth-order valence-corrected chi connectivity index (χ4v) is 2.89. The highest BCUT2D eigenvalue weighted by atomic mass is 19.4. The van der Waals surface area contributed by atoms with E-state index in [4.69, 9.17) is 4.74 Å². The molecular weight excluding hydrogens is 378 g/mol. The van der Waals surface area contributed by atoms with Crippen LogP contribution in [0.4, 0.5) is 23.4 Å². The normalized spacial score (nSPS) is 13.6. The molecule has 10 heteroatoms. The van der Waals surface area contributed by atoms with Crippen LogP contribution in [0.25, 0.3) is 5.78 Å². The van der Waals surface area contributed by atoms with Gasteiger partial charge in [0, 0.05) is 6.07 Å². The average molecular weight is 397 g/mol. The van der Waals surface area contributed by atoms with E-state index < -0.39 is 29.0 Å². The Kier molecular flexibility index (Phi) is 4.90. The largest absolute Gasteiger partial charge is 0.481 e. The molecule has 1 aromatic carbocycles. The van der Waals surface area contributed by atoms with E-state index in [9.17, 15) is 17.6 Å². The highest BCUT2D eigenvalue weighted by Crippen LogP contribution is 2.39. The van der Waals surface area contributed by atoms with Gasteiger partial charge in [0.1, 0.15) is 18.0 Å². The zero-order valence-electron chi connectivity index (χ0n) is 15.7. The van der Waals surface area contributed by atoms with Crippen LogP contribution in [-0.2, 0) is 6.18 Å². The predicted octanol–water partition coefficient (Wildman–Crippen LogP) is 4.49. The van der Waals surface area contributed by atoms with Crippen molar-refractivity contribution < 1.29 is 22.3 Å². The Morgan fingerprint density at radius 3 is 2.43 bits per heavy atom. The maximum absolute atomic E-state index is 14.2. The van der Waals surface area contributed by atoms with Gasteiger partial charge in [0.05, 0.1) is 18.7 Å². The lowest BCUT2D eigenvalue weighted by molar-refractivity contribution is -0.140. The average Bonchev–Trinajstić information content (AvgIpc) is 3.05. The number of nitrogens with zero attached hydrogens (tertiary/aromatic N) is 4. The van der Waals surface area contributed by atoms with Crippen LogP contribution < -0.4 is 10.1 Å². The number of fused-ring (bicyclic) bond motifs is 1. The van der Waals surface area contributed by atoms with Crippen LogP contribution >= 0.6 is 0 Å². The van der Waals surface area contributed by atoms with Gasteiger partial charge >= 0.3 is 6.18 Å². The number of alkyl halides is 3. The fraction of sp³-hybridized carbons (Fsp3) is 0.389. The van der Waals surface area contributed by atoms with E-state index in [1.165, 1.54) is 24.0 Å². The number of ether oxygens (including phenoxy) is 1.